The van der Waals surface area contributed by atoms with E-state index in [9.17, 15) is 5.11 Å². The van der Waals surface area contributed by atoms with Gasteiger partial charge < -0.3 is 9.84 Å². The van der Waals surface area contributed by atoms with Crippen LogP contribution in [0.15, 0.2) is 30.4 Å². The van der Waals surface area contributed by atoms with Gasteiger partial charge in [-0.15, -0.1) is 0 Å². The van der Waals surface area contributed by atoms with Crippen molar-refractivity contribution in [2.45, 2.75) is 20.0 Å². The van der Waals surface area contributed by atoms with Crippen molar-refractivity contribution >= 4 is 11.6 Å². The number of hydrogen-bond donors (Lipinski definition) is 1. The standard InChI is InChI=1S/C12H15ClO2/c1-3-4-7-15-12-6-5-10(9(2)14)8-11(12)13/h3-6,8-9,14H,7H2,1-2H3/b4-3+/t9-/m1/s1. The van der Waals surface area contributed by atoms with Crippen LogP contribution in [0.1, 0.15) is 25.5 Å². The van der Waals surface area contributed by atoms with Crippen molar-refractivity contribution in [3.63, 3.8) is 0 Å². The number of aliphatic hydroxyl groups excluding tert-OH is 1. The average Bonchev–Trinajstić information content (AvgIpc) is 2.20. The molecule has 1 N–H and O–H groups in total. The highest BCUT2D eigenvalue weighted by atomic mass is 35.5. The molecule has 3 heteroatoms. The van der Waals surface area contributed by atoms with Crippen LogP contribution in [-0.4, -0.2) is 11.7 Å². The Kier molecular flexibility index (Phi) is 4.66. The summed E-state index contributed by atoms with van der Waals surface area (Å²) in [5.41, 5.74) is 0.790. The van der Waals surface area contributed by atoms with Gasteiger partial charge in [0.25, 0.3) is 0 Å². The highest BCUT2D eigenvalue weighted by molar-refractivity contribution is 6.32. The second-order valence-electron chi connectivity index (χ2n) is 3.25. The van der Waals surface area contributed by atoms with Gasteiger partial charge in [-0.3, -0.25) is 0 Å². The molecular weight excluding hydrogens is 212 g/mol. The van der Waals surface area contributed by atoms with Crippen LogP contribution < -0.4 is 4.74 Å². The second kappa shape index (κ2) is 5.79. The predicted octanol–water partition coefficient (Wildman–Crippen LogP) is 3.35. The number of allylic oxidation sites excluding steroid dienone is 1. The molecule has 1 aromatic rings. The van der Waals surface area contributed by atoms with Crippen LogP contribution in [0.4, 0.5) is 0 Å². The maximum absolute atomic E-state index is 9.34. The van der Waals surface area contributed by atoms with Gasteiger partial charge >= 0.3 is 0 Å². The van der Waals surface area contributed by atoms with E-state index >= 15 is 0 Å². The summed E-state index contributed by atoms with van der Waals surface area (Å²) in [7, 11) is 0. The molecule has 0 aliphatic heterocycles. The maximum Gasteiger partial charge on any atom is 0.138 e. The second-order valence-corrected chi connectivity index (χ2v) is 3.65. The molecule has 1 aromatic carbocycles. The molecule has 0 fully saturated rings. The fourth-order valence-corrected chi connectivity index (χ4v) is 1.37. The molecule has 0 amide bonds. The van der Waals surface area contributed by atoms with Crippen molar-refractivity contribution in [2.24, 2.45) is 0 Å². The monoisotopic (exact) mass is 226 g/mol. The number of rotatable bonds is 4. The fourth-order valence-electron chi connectivity index (χ4n) is 1.13. The van der Waals surface area contributed by atoms with E-state index in [0.717, 1.165) is 5.56 Å². The van der Waals surface area contributed by atoms with Crippen molar-refractivity contribution < 1.29 is 9.84 Å². The Hall–Kier alpha value is -0.990. The van der Waals surface area contributed by atoms with E-state index in [4.69, 9.17) is 16.3 Å². The quantitative estimate of drug-likeness (QED) is 0.798. The molecule has 1 atom stereocenters. The molecule has 0 spiro atoms. The van der Waals surface area contributed by atoms with Crippen molar-refractivity contribution in [3.8, 4) is 5.75 Å². The molecular formula is C12H15ClO2. The Morgan fingerprint density at radius 3 is 2.80 bits per heavy atom. The summed E-state index contributed by atoms with van der Waals surface area (Å²) >= 11 is 5.99. The molecule has 0 aliphatic rings. The SMILES string of the molecule is C/C=C/COc1ccc([C@@H](C)O)cc1Cl. The van der Waals surface area contributed by atoms with Crippen LogP contribution in [-0.2, 0) is 0 Å². The zero-order chi connectivity index (χ0) is 11.3. The minimum atomic E-state index is -0.507. The first-order valence-corrected chi connectivity index (χ1v) is 5.24. The summed E-state index contributed by atoms with van der Waals surface area (Å²) in [5, 5.41) is 9.87. The zero-order valence-corrected chi connectivity index (χ0v) is 9.66. The number of benzene rings is 1. The molecule has 0 heterocycles. The lowest BCUT2D eigenvalue weighted by Crippen LogP contribution is -1.96. The summed E-state index contributed by atoms with van der Waals surface area (Å²) in [6, 6.07) is 5.30. The van der Waals surface area contributed by atoms with Gasteiger partial charge in [0.1, 0.15) is 12.4 Å². The highest BCUT2D eigenvalue weighted by Gasteiger charge is 2.05. The first-order chi connectivity index (χ1) is 7.15. The van der Waals surface area contributed by atoms with Crippen LogP contribution in [0.5, 0.6) is 5.75 Å². The van der Waals surface area contributed by atoms with Gasteiger partial charge in [0, 0.05) is 0 Å². The van der Waals surface area contributed by atoms with Crippen molar-refractivity contribution in [1.29, 1.82) is 0 Å². The molecule has 0 saturated carbocycles. The third-order valence-electron chi connectivity index (χ3n) is 2.01. The van der Waals surface area contributed by atoms with E-state index in [1.54, 1.807) is 19.1 Å². The minimum absolute atomic E-state index is 0.504. The summed E-state index contributed by atoms with van der Waals surface area (Å²) in [6.07, 6.45) is 3.31. The van der Waals surface area contributed by atoms with E-state index in [2.05, 4.69) is 0 Å². The molecule has 1 rings (SSSR count). The van der Waals surface area contributed by atoms with E-state index < -0.39 is 6.10 Å². The topological polar surface area (TPSA) is 29.5 Å². The smallest absolute Gasteiger partial charge is 0.138 e. The number of hydrogen-bond acceptors (Lipinski definition) is 2. The van der Waals surface area contributed by atoms with E-state index in [0.29, 0.717) is 17.4 Å². The third-order valence-corrected chi connectivity index (χ3v) is 2.30. The molecule has 0 saturated heterocycles. The van der Waals surface area contributed by atoms with Gasteiger partial charge in [-0.1, -0.05) is 29.8 Å². The lowest BCUT2D eigenvalue weighted by molar-refractivity contribution is 0.199. The Morgan fingerprint density at radius 1 is 1.53 bits per heavy atom. The summed E-state index contributed by atoms with van der Waals surface area (Å²) in [5.74, 6) is 0.638. The van der Waals surface area contributed by atoms with Gasteiger partial charge in [-0.2, -0.15) is 0 Å². The molecule has 0 bridgehead atoms. The Bertz CT molecular complexity index is 345. The summed E-state index contributed by atoms with van der Waals surface area (Å²) in [4.78, 5) is 0. The number of ether oxygens (including phenoxy) is 1. The Morgan fingerprint density at radius 2 is 2.27 bits per heavy atom. The Balaban J connectivity index is 2.74. The molecule has 0 aromatic heterocycles. The van der Waals surface area contributed by atoms with E-state index in [1.807, 2.05) is 25.1 Å². The zero-order valence-electron chi connectivity index (χ0n) is 8.90. The van der Waals surface area contributed by atoms with Crippen LogP contribution in [0.3, 0.4) is 0 Å². The van der Waals surface area contributed by atoms with E-state index in [1.165, 1.54) is 0 Å². The lowest BCUT2D eigenvalue weighted by atomic mass is 10.1. The van der Waals surface area contributed by atoms with Crippen LogP contribution in [0, 0.1) is 0 Å². The number of halogens is 1. The van der Waals surface area contributed by atoms with Gasteiger partial charge in [0.05, 0.1) is 11.1 Å². The van der Waals surface area contributed by atoms with Crippen molar-refractivity contribution in [1.82, 2.24) is 0 Å². The largest absolute Gasteiger partial charge is 0.488 e. The van der Waals surface area contributed by atoms with Gasteiger partial charge in [0.15, 0.2) is 0 Å². The highest BCUT2D eigenvalue weighted by Crippen LogP contribution is 2.27. The van der Waals surface area contributed by atoms with Gasteiger partial charge in [0.2, 0.25) is 0 Å². The van der Waals surface area contributed by atoms with Crippen LogP contribution in [0.2, 0.25) is 5.02 Å². The number of aliphatic hydroxyl groups is 1. The maximum atomic E-state index is 9.34. The average molecular weight is 227 g/mol. The van der Waals surface area contributed by atoms with Crippen LogP contribution in [0.25, 0.3) is 0 Å². The van der Waals surface area contributed by atoms with E-state index in [-0.39, 0.29) is 0 Å². The summed E-state index contributed by atoms with van der Waals surface area (Å²) in [6.45, 7) is 4.14. The molecule has 82 valence electrons. The van der Waals surface area contributed by atoms with Gasteiger partial charge in [-0.05, 0) is 31.5 Å². The minimum Gasteiger partial charge on any atom is -0.488 e. The fraction of sp³-hybridized carbons (Fsp3) is 0.333. The lowest BCUT2D eigenvalue weighted by Gasteiger charge is -2.09. The molecule has 0 radical (unpaired) electrons. The van der Waals surface area contributed by atoms with Crippen LogP contribution >= 0.6 is 11.6 Å². The first-order valence-electron chi connectivity index (χ1n) is 4.86. The predicted molar refractivity (Wildman–Crippen MR) is 62.4 cm³/mol. The Labute approximate surface area is 95.1 Å². The van der Waals surface area contributed by atoms with Crippen molar-refractivity contribution in [2.75, 3.05) is 6.61 Å². The molecule has 0 unspecified atom stereocenters. The molecule has 2 nitrogen and oxygen atoms in total. The molecule has 0 aliphatic carbocycles. The summed E-state index contributed by atoms with van der Waals surface area (Å²) < 4.78 is 5.41. The normalized spacial score (nSPS) is 13.1. The first kappa shape index (κ1) is 12.1. The third kappa shape index (κ3) is 3.57. The van der Waals surface area contributed by atoms with Gasteiger partial charge in [-0.25, -0.2) is 0 Å². The molecule has 15 heavy (non-hydrogen) atoms. The van der Waals surface area contributed by atoms with Crippen molar-refractivity contribution in [3.05, 3.63) is 40.9 Å².